The van der Waals surface area contributed by atoms with E-state index in [9.17, 15) is 21.6 Å². The molecular weight excluding hydrogens is 236 g/mol. The Morgan fingerprint density at radius 2 is 1.36 bits per heavy atom. The van der Waals surface area contributed by atoms with Gasteiger partial charge in [0.05, 0.1) is 12.5 Å². The van der Waals surface area contributed by atoms with E-state index in [1.54, 1.807) is 6.92 Å². The van der Waals surface area contributed by atoms with Gasteiger partial charge in [0.15, 0.2) is 0 Å². The lowest BCUT2D eigenvalue weighted by Gasteiger charge is -1.92. The highest BCUT2D eigenvalue weighted by atomic mass is 32.3. The fraction of sp³-hybridized carbons (Fsp3) is 0.800. The average Bonchev–Trinajstić information content (AvgIpc) is 1.80. The van der Waals surface area contributed by atoms with E-state index in [1.807, 2.05) is 0 Å². The summed E-state index contributed by atoms with van der Waals surface area (Å²) in [7, 11) is -7.74. The van der Waals surface area contributed by atoms with Gasteiger partial charge in [-0.15, -0.1) is 3.63 Å². The summed E-state index contributed by atoms with van der Waals surface area (Å²) in [5.74, 6) is -0.745. The van der Waals surface area contributed by atoms with E-state index in [2.05, 4.69) is 3.63 Å². The lowest BCUT2D eigenvalue weighted by Crippen LogP contribution is -2.09. The van der Waals surface area contributed by atoms with Gasteiger partial charge in [0, 0.05) is 6.42 Å². The smallest absolute Gasteiger partial charge is 0.303 e. The molecule has 0 atom stereocenters. The Labute approximate surface area is 82.9 Å². The first-order valence-corrected chi connectivity index (χ1v) is 6.94. The zero-order valence-electron chi connectivity index (χ0n) is 7.92. The average molecular weight is 248 g/mol. The Bertz CT molecular complexity index is 333. The van der Waals surface area contributed by atoms with E-state index >= 15 is 0 Å². The monoisotopic (exact) mass is 248 g/mol. The van der Waals surface area contributed by atoms with Gasteiger partial charge in [-0.1, -0.05) is 6.92 Å². The van der Waals surface area contributed by atoms with Gasteiger partial charge in [0.2, 0.25) is 0 Å². The molecule has 0 aromatic carbocycles. The van der Waals surface area contributed by atoms with E-state index < -0.39 is 26.2 Å². The zero-order chi connectivity index (χ0) is 12.0. The van der Waals surface area contributed by atoms with Crippen LogP contribution in [0.1, 0.15) is 13.3 Å². The van der Waals surface area contributed by atoms with Gasteiger partial charge in [-0.2, -0.15) is 16.8 Å². The van der Waals surface area contributed by atoms with Crippen LogP contribution in [0.5, 0.6) is 0 Å². The normalized spacial score (nSPS) is 11.4. The van der Waals surface area contributed by atoms with Crippen molar-refractivity contribution < 1.29 is 30.4 Å². The summed E-state index contributed by atoms with van der Waals surface area (Å²) in [6.07, 6.45) is 1.54. The number of hydrogen-bond donors (Lipinski definition) is 1. The molecule has 0 rings (SSSR count). The summed E-state index contributed by atoms with van der Waals surface area (Å²) in [5.41, 5.74) is 0. The first-order valence-electron chi connectivity index (χ1n) is 3.30. The molecule has 0 unspecified atom stereocenters. The maximum absolute atomic E-state index is 10.0. The molecule has 0 heterocycles. The molecule has 0 bridgehead atoms. The van der Waals surface area contributed by atoms with E-state index in [-0.39, 0.29) is 6.42 Å². The Hall–Kier alpha value is -0.670. The third-order valence-corrected chi connectivity index (χ3v) is 2.53. The predicted octanol–water partition coefficient (Wildman–Crippen LogP) is -0.597. The van der Waals surface area contributed by atoms with Crippen LogP contribution in [0.3, 0.4) is 0 Å². The van der Waals surface area contributed by atoms with Crippen molar-refractivity contribution in [1.29, 1.82) is 0 Å². The second-order valence-electron chi connectivity index (χ2n) is 2.22. The van der Waals surface area contributed by atoms with Gasteiger partial charge in [-0.05, 0) is 0 Å². The molecule has 14 heavy (non-hydrogen) atoms. The summed E-state index contributed by atoms with van der Waals surface area (Å²) in [5, 5.41) is 7.72. The van der Waals surface area contributed by atoms with Crippen LogP contribution in [0.15, 0.2) is 0 Å². The second kappa shape index (κ2) is 5.94. The fourth-order valence-electron chi connectivity index (χ4n) is 0.225. The van der Waals surface area contributed by atoms with Crippen LogP contribution in [0.25, 0.3) is 0 Å². The highest BCUT2D eigenvalue weighted by Gasteiger charge is 2.10. The van der Waals surface area contributed by atoms with Crippen LogP contribution in [0.4, 0.5) is 0 Å². The van der Waals surface area contributed by atoms with Crippen LogP contribution in [-0.4, -0.2) is 40.4 Å². The summed E-state index contributed by atoms with van der Waals surface area (Å²) in [6, 6.07) is 0. The quantitative estimate of drug-likeness (QED) is 0.709. The van der Waals surface area contributed by atoms with Crippen LogP contribution < -0.4 is 0 Å². The number of rotatable bonds is 3. The van der Waals surface area contributed by atoms with Gasteiger partial charge in [-0.3, -0.25) is 4.79 Å². The molecule has 86 valence electrons. The minimum absolute atomic E-state index is 0.222. The lowest BCUT2D eigenvalue weighted by atomic mass is 10.5. The molecule has 0 saturated heterocycles. The maximum Gasteiger partial charge on any atom is 0.303 e. The molecule has 0 aromatic rings. The number of hydrogen-bond acceptors (Lipinski definition) is 6. The molecule has 0 aliphatic carbocycles. The standard InChI is InChI=1S/C3H6O2.C2H6O5S2/c1-2-3(4)5;1-8(3,4)7-9(2,5)6/h2H2,1H3,(H,4,5);1-2H3. The number of aliphatic carboxylic acids is 1. The van der Waals surface area contributed by atoms with Crippen LogP contribution in [-0.2, 0) is 28.7 Å². The van der Waals surface area contributed by atoms with Crippen molar-refractivity contribution in [2.75, 3.05) is 12.5 Å². The summed E-state index contributed by atoms with van der Waals surface area (Å²) < 4.78 is 43.8. The van der Waals surface area contributed by atoms with E-state index in [0.29, 0.717) is 12.5 Å². The zero-order valence-corrected chi connectivity index (χ0v) is 9.55. The van der Waals surface area contributed by atoms with Crippen molar-refractivity contribution in [3.8, 4) is 0 Å². The Kier molecular flexibility index (Phi) is 6.69. The van der Waals surface area contributed by atoms with Crippen molar-refractivity contribution in [2.24, 2.45) is 0 Å². The first kappa shape index (κ1) is 15.8. The molecule has 0 fully saturated rings. The summed E-state index contributed by atoms with van der Waals surface area (Å²) in [6.45, 7) is 1.60. The molecule has 0 radical (unpaired) electrons. The molecule has 7 nitrogen and oxygen atoms in total. The number of carboxylic acids is 1. The molecule has 0 amide bonds. The van der Waals surface area contributed by atoms with E-state index in [4.69, 9.17) is 5.11 Å². The molecule has 0 aliphatic heterocycles. The van der Waals surface area contributed by atoms with E-state index in [0.717, 1.165) is 0 Å². The molecular formula is C5H12O7S2. The van der Waals surface area contributed by atoms with Crippen LogP contribution in [0, 0.1) is 0 Å². The predicted molar refractivity (Wildman–Crippen MR) is 48.7 cm³/mol. The lowest BCUT2D eigenvalue weighted by molar-refractivity contribution is -0.136. The van der Waals surface area contributed by atoms with Crippen molar-refractivity contribution in [1.82, 2.24) is 0 Å². The molecule has 1 N–H and O–H groups in total. The molecule has 0 spiro atoms. The fourth-order valence-corrected chi connectivity index (χ4v) is 2.02. The maximum atomic E-state index is 10.0. The molecule has 9 heteroatoms. The van der Waals surface area contributed by atoms with Gasteiger partial charge < -0.3 is 5.11 Å². The van der Waals surface area contributed by atoms with Crippen molar-refractivity contribution in [3.05, 3.63) is 0 Å². The largest absolute Gasteiger partial charge is 0.481 e. The molecule has 0 saturated carbocycles. The number of carbonyl (C=O) groups is 1. The van der Waals surface area contributed by atoms with Crippen molar-refractivity contribution in [2.45, 2.75) is 13.3 Å². The Morgan fingerprint density at radius 1 is 1.14 bits per heavy atom. The van der Waals surface area contributed by atoms with Crippen LogP contribution >= 0.6 is 0 Å². The van der Waals surface area contributed by atoms with E-state index in [1.165, 1.54) is 0 Å². The minimum Gasteiger partial charge on any atom is -0.481 e. The highest BCUT2D eigenvalue weighted by Crippen LogP contribution is 1.92. The molecule has 0 aromatic heterocycles. The second-order valence-corrected chi connectivity index (χ2v) is 5.58. The first-order chi connectivity index (χ1) is 5.98. The third-order valence-electron chi connectivity index (χ3n) is 0.550. The molecule has 0 aliphatic rings. The topological polar surface area (TPSA) is 115 Å². The summed E-state index contributed by atoms with van der Waals surface area (Å²) in [4.78, 5) is 9.37. The van der Waals surface area contributed by atoms with Crippen LogP contribution in [0.2, 0.25) is 0 Å². The van der Waals surface area contributed by atoms with Crippen molar-refractivity contribution in [3.63, 3.8) is 0 Å². The van der Waals surface area contributed by atoms with Crippen molar-refractivity contribution >= 4 is 26.2 Å². The highest BCUT2D eigenvalue weighted by molar-refractivity contribution is 7.99. The van der Waals surface area contributed by atoms with Gasteiger partial charge in [-0.25, -0.2) is 0 Å². The number of carboxylic acid groups (broad SMARTS) is 1. The Balaban J connectivity index is 0. The minimum atomic E-state index is -3.87. The third kappa shape index (κ3) is 22.5. The van der Waals surface area contributed by atoms with Gasteiger partial charge in [0.1, 0.15) is 0 Å². The van der Waals surface area contributed by atoms with Gasteiger partial charge in [0.25, 0.3) is 20.2 Å². The Morgan fingerprint density at radius 3 is 1.36 bits per heavy atom. The SMILES string of the molecule is CCC(=O)O.CS(=O)(=O)OS(C)(=O)=O. The summed E-state index contributed by atoms with van der Waals surface area (Å²) >= 11 is 0. The van der Waals surface area contributed by atoms with Gasteiger partial charge >= 0.3 is 5.97 Å².